The zero-order chi connectivity index (χ0) is 22.1. The van der Waals surface area contributed by atoms with E-state index >= 15 is 0 Å². The Hall–Kier alpha value is -3.72. The maximum atomic E-state index is 14.1. The van der Waals surface area contributed by atoms with E-state index < -0.39 is 5.97 Å². The molecule has 9 heteroatoms. The van der Waals surface area contributed by atoms with Crippen molar-refractivity contribution in [3.8, 4) is 0 Å². The Kier molecular flexibility index (Phi) is 5.32. The number of benzene rings is 2. The van der Waals surface area contributed by atoms with Gasteiger partial charge in [0.25, 0.3) is 0 Å². The molecule has 1 fully saturated rings. The van der Waals surface area contributed by atoms with Crippen LogP contribution in [0.5, 0.6) is 0 Å². The first-order valence-electron chi connectivity index (χ1n) is 10.2. The second-order valence-electron chi connectivity index (χ2n) is 7.41. The summed E-state index contributed by atoms with van der Waals surface area (Å²) in [4.78, 5) is 25.3. The van der Waals surface area contributed by atoms with Crippen LogP contribution in [0.1, 0.15) is 5.56 Å². The quantitative estimate of drug-likeness (QED) is 0.287. The SMILES string of the molecule is N/C(=N/c1cccs1)N1CCN(/C=C2/N=C(c3ccc(F)c4ccccc34)OC2=O)CC1. The molecule has 3 heterocycles. The van der Waals surface area contributed by atoms with Crippen LogP contribution in [0.15, 0.2) is 75.8 Å². The lowest BCUT2D eigenvalue weighted by Gasteiger charge is -2.34. The number of rotatable bonds is 3. The van der Waals surface area contributed by atoms with Crippen LogP contribution in [0.2, 0.25) is 0 Å². The number of aliphatic imine (C=N–C) groups is 2. The first-order valence-corrected chi connectivity index (χ1v) is 11.0. The van der Waals surface area contributed by atoms with Crippen LogP contribution in [0, 0.1) is 5.82 Å². The van der Waals surface area contributed by atoms with Gasteiger partial charge in [-0.1, -0.05) is 24.3 Å². The van der Waals surface area contributed by atoms with Crippen LogP contribution in [0.25, 0.3) is 10.8 Å². The molecule has 32 heavy (non-hydrogen) atoms. The van der Waals surface area contributed by atoms with Crippen LogP contribution >= 0.6 is 11.3 Å². The topological polar surface area (TPSA) is 83.5 Å². The largest absolute Gasteiger partial charge is 0.402 e. The number of hydrogen-bond acceptors (Lipinski definition) is 6. The molecule has 2 aliphatic rings. The number of carbonyl (C=O) groups excluding carboxylic acids is 1. The predicted molar refractivity (Wildman–Crippen MR) is 123 cm³/mol. The van der Waals surface area contributed by atoms with Gasteiger partial charge in [-0.25, -0.2) is 19.2 Å². The number of esters is 1. The molecule has 0 radical (unpaired) electrons. The maximum absolute atomic E-state index is 14.1. The van der Waals surface area contributed by atoms with Crippen LogP contribution in [0.4, 0.5) is 9.39 Å². The molecule has 0 saturated carbocycles. The fourth-order valence-electron chi connectivity index (χ4n) is 3.73. The number of cyclic esters (lactones) is 1. The van der Waals surface area contributed by atoms with Crippen LogP contribution in [-0.2, 0) is 9.53 Å². The molecule has 0 amide bonds. The molecule has 7 nitrogen and oxygen atoms in total. The molecule has 2 aliphatic heterocycles. The monoisotopic (exact) mass is 449 g/mol. The summed E-state index contributed by atoms with van der Waals surface area (Å²) in [5, 5.41) is 3.94. The van der Waals surface area contributed by atoms with E-state index in [1.807, 2.05) is 33.4 Å². The van der Waals surface area contributed by atoms with E-state index in [-0.39, 0.29) is 17.4 Å². The summed E-state index contributed by atoms with van der Waals surface area (Å²) in [7, 11) is 0. The fourth-order valence-corrected chi connectivity index (χ4v) is 4.33. The number of piperazine rings is 1. The summed E-state index contributed by atoms with van der Waals surface area (Å²) in [6.07, 6.45) is 1.71. The minimum atomic E-state index is -0.519. The van der Waals surface area contributed by atoms with Gasteiger partial charge in [0, 0.05) is 43.3 Å². The summed E-state index contributed by atoms with van der Waals surface area (Å²) in [5.41, 5.74) is 6.94. The molecule has 3 aromatic rings. The average molecular weight is 450 g/mol. The van der Waals surface area contributed by atoms with Crippen molar-refractivity contribution in [3.05, 3.63) is 77.2 Å². The maximum Gasteiger partial charge on any atom is 0.365 e. The molecule has 1 aromatic heterocycles. The van der Waals surface area contributed by atoms with Gasteiger partial charge in [0.1, 0.15) is 10.8 Å². The number of fused-ring (bicyclic) bond motifs is 1. The van der Waals surface area contributed by atoms with E-state index in [4.69, 9.17) is 10.5 Å². The molecule has 0 atom stereocenters. The average Bonchev–Trinajstić information content (AvgIpc) is 3.44. The number of hydrogen-bond donors (Lipinski definition) is 1. The third-order valence-corrected chi connectivity index (χ3v) is 6.16. The fraction of sp³-hybridized carbons (Fsp3) is 0.174. The summed E-state index contributed by atoms with van der Waals surface area (Å²) in [5.74, 6) is -0.175. The molecule has 1 saturated heterocycles. The van der Waals surface area contributed by atoms with Crippen LogP contribution < -0.4 is 5.73 Å². The van der Waals surface area contributed by atoms with Gasteiger partial charge in [-0.3, -0.25) is 0 Å². The summed E-state index contributed by atoms with van der Waals surface area (Å²) < 4.78 is 19.5. The van der Waals surface area contributed by atoms with Gasteiger partial charge in [0.15, 0.2) is 11.7 Å². The second kappa shape index (κ2) is 8.43. The minimum Gasteiger partial charge on any atom is -0.402 e. The van der Waals surface area contributed by atoms with Crippen molar-refractivity contribution in [2.75, 3.05) is 26.2 Å². The Bertz CT molecular complexity index is 1260. The molecular formula is C23H20FN5O2S. The Morgan fingerprint density at radius 3 is 2.62 bits per heavy atom. The van der Waals surface area contributed by atoms with Crippen molar-refractivity contribution in [1.29, 1.82) is 0 Å². The smallest absolute Gasteiger partial charge is 0.365 e. The van der Waals surface area contributed by atoms with E-state index in [0.29, 0.717) is 48.5 Å². The number of thiophene rings is 1. The van der Waals surface area contributed by atoms with E-state index in [0.717, 1.165) is 5.00 Å². The Balaban J connectivity index is 1.32. The van der Waals surface area contributed by atoms with E-state index in [2.05, 4.69) is 9.98 Å². The van der Waals surface area contributed by atoms with E-state index in [9.17, 15) is 9.18 Å². The Labute approximate surface area is 187 Å². The number of ether oxygens (including phenoxy) is 1. The lowest BCUT2D eigenvalue weighted by atomic mass is 10.0. The molecule has 0 spiro atoms. The number of guanidine groups is 1. The van der Waals surface area contributed by atoms with Gasteiger partial charge >= 0.3 is 5.97 Å². The molecule has 5 rings (SSSR count). The van der Waals surface area contributed by atoms with Crippen LogP contribution in [0.3, 0.4) is 0 Å². The molecule has 162 valence electrons. The van der Waals surface area contributed by atoms with Crippen molar-refractivity contribution in [2.24, 2.45) is 15.7 Å². The van der Waals surface area contributed by atoms with Gasteiger partial charge in [-0.05, 0) is 35.0 Å². The third-order valence-electron chi connectivity index (χ3n) is 5.40. The lowest BCUT2D eigenvalue weighted by molar-refractivity contribution is -0.130. The van der Waals surface area contributed by atoms with Crippen molar-refractivity contribution in [2.45, 2.75) is 0 Å². The molecule has 0 aliphatic carbocycles. The number of halogens is 1. The highest BCUT2D eigenvalue weighted by Crippen LogP contribution is 2.26. The highest BCUT2D eigenvalue weighted by atomic mass is 32.1. The summed E-state index contributed by atoms with van der Waals surface area (Å²) >= 11 is 1.54. The zero-order valence-electron chi connectivity index (χ0n) is 17.1. The predicted octanol–water partition coefficient (Wildman–Crippen LogP) is 3.45. The molecule has 2 N–H and O–H groups in total. The number of carbonyl (C=O) groups is 1. The zero-order valence-corrected chi connectivity index (χ0v) is 17.9. The highest BCUT2D eigenvalue weighted by Gasteiger charge is 2.27. The molecular weight excluding hydrogens is 429 g/mol. The van der Waals surface area contributed by atoms with E-state index in [1.165, 1.54) is 17.4 Å². The third kappa shape index (κ3) is 3.94. The first-order chi connectivity index (χ1) is 15.6. The normalized spacial score (nSPS) is 18.4. The Morgan fingerprint density at radius 2 is 1.88 bits per heavy atom. The van der Waals surface area contributed by atoms with Gasteiger partial charge in [-0.2, -0.15) is 0 Å². The van der Waals surface area contributed by atoms with Gasteiger partial charge in [0.2, 0.25) is 5.90 Å². The number of nitrogens with two attached hydrogens (primary N) is 1. The number of nitrogens with zero attached hydrogens (tertiary/aromatic N) is 4. The van der Waals surface area contributed by atoms with Crippen molar-refractivity contribution >= 4 is 44.9 Å². The minimum absolute atomic E-state index is 0.184. The summed E-state index contributed by atoms with van der Waals surface area (Å²) in [6.45, 7) is 2.70. The van der Waals surface area contributed by atoms with Crippen molar-refractivity contribution in [1.82, 2.24) is 9.80 Å². The van der Waals surface area contributed by atoms with E-state index in [1.54, 1.807) is 30.5 Å². The first kappa shape index (κ1) is 20.2. The lowest BCUT2D eigenvalue weighted by Crippen LogP contribution is -2.49. The van der Waals surface area contributed by atoms with Gasteiger partial charge in [-0.15, -0.1) is 11.3 Å². The Morgan fingerprint density at radius 1 is 1.09 bits per heavy atom. The van der Waals surface area contributed by atoms with Crippen molar-refractivity contribution < 1.29 is 13.9 Å². The molecule has 2 aromatic carbocycles. The second-order valence-corrected chi connectivity index (χ2v) is 8.33. The van der Waals surface area contributed by atoms with Crippen molar-refractivity contribution in [3.63, 3.8) is 0 Å². The molecule has 0 unspecified atom stereocenters. The summed E-state index contributed by atoms with van der Waals surface area (Å²) in [6, 6.07) is 13.8. The van der Waals surface area contributed by atoms with Crippen LogP contribution in [-0.4, -0.2) is 53.8 Å². The van der Waals surface area contributed by atoms with Gasteiger partial charge in [0.05, 0.1) is 0 Å². The molecule has 0 bridgehead atoms. The highest BCUT2D eigenvalue weighted by molar-refractivity contribution is 7.13. The standard InChI is InChI=1S/C23H20FN5O2S/c24-18-8-7-17(15-4-1-2-5-16(15)18)21-26-19(22(30)31-21)14-28-9-11-29(12-10-28)23(25)27-20-6-3-13-32-20/h1-8,13-14H,9-12H2,(H2,25,27)/b19-14+. The van der Waals surface area contributed by atoms with Gasteiger partial charge < -0.3 is 20.3 Å².